The molecule has 0 aromatic heterocycles. The van der Waals surface area contributed by atoms with Gasteiger partial charge >= 0.3 is 18.1 Å². The number of hydrogen-bond acceptors (Lipinski definition) is 5. The van der Waals surface area contributed by atoms with Crippen molar-refractivity contribution in [1.82, 2.24) is 5.43 Å². The minimum Gasteiger partial charge on any atom is -0.493 e. The van der Waals surface area contributed by atoms with E-state index >= 15 is 0 Å². The second kappa shape index (κ2) is 7.98. The second-order valence-corrected chi connectivity index (χ2v) is 5.35. The molecular formula is C13H9BrF7N3O2. The largest absolute Gasteiger partial charge is 0.493 e. The van der Waals surface area contributed by atoms with E-state index in [-0.39, 0.29) is 28.1 Å². The number of ether oxygens (including phenoxy) is 2. The van der Waals surface area contributed by atoms with Crippen LogP contribution in [0.3, 0.4) is 0 Å². The summed E-state index contributed by atoms with van der Waals surface area (Å²) in [5, 5.41) is 11.2. The van der Waals surface area contributed by atoms with Crippen molar-refractivity contribution < 1.29 is 40.2 Å². The Bertz CT molecular complexity index is 717. The third kappa shape index (κ3) is 4.69. The lowest BCUT2D eigenvalue weighted by molar-refractivity contribution is -0.361. The predicted molar refractivity (Wildman–Crippen MR) is 78.5 cm³/mol. The number of rotatable bonds is 7. The first kappa shape index (κ1) is 21.8. The Morgan fingerprint density at radius 2 is 1.85 bits per heavy atom. The van der Waals surface area contributed by atoms with E-state index in [1.807, 2.05) is 0 Å². The van der Waals surface area contributed by atoms with Gasteiger partial charge in [0.25, 0.3) is 0 Å². The summed E-state index contributed by atoms with van der Waals surface area (Å²) in [7, 11) is 1.22. The van der Waals surface area contributed by atoms with Crippen molar-refractivity contribution in [3.8, 4) is 17.6 Å². The van der Waals surface area contributed by atoms with Crippen molar-refractivity contribution >= 4 is 22.1 Å². The molecule has 0 bridgehead atoms. The van der Waals surface area contributed by atoms with Crippen LogP contribution in [0, 0.1) is 11.3 Å². The van der Waals surface area contributed by atoms with E-state index in [1.165, 1.54) is 19.2 Å². The molecule has 13 heteroatoms. The maximum Gasteiger partial charge on any atom is 0.462 e. The molecule has 0 aliphatic heterocycles. The molecule has 0 saturated carbocycles. The highest BCUT2D eigenvalue weighted by Gasteiger charge is 2.73. The molecule has 0 heterocycles. The van der Waals surface area contributed by atoms with E-state index in [1.54, 1.807) is 6.07 Å². The van der Waals surface area contributed by atoms with Gasteiger partial charge in [0.05, 0.1) is 17.8 Å². The molecule has 0 spiro atoms. The van der Waals surface area contributed by atoms with Gasteiger partial charge < -0.3 is 9.47 Å². The fraction of sp³-hybridized carbons (Fsp3) is 0.385. The molecule has 1 rings (SSSR count). The average Bonchev–Trinajstić information content (AvgIpc) is 2.52. The van der Waals surface area contributed by atoms with Gasteiger partial charge in [-0.3, -0.25) is 0 Å². The van der Waals surface area contributed by atoms with Crippen molar-refractivity contribution in [1.29, 1.82) is 5.26 Å². The lowest BCUT2D eigenvalue weighted by atomic mass is 10.2. The summed E-state index contributed by atoms with van der Waals surface area (Å²) in [6.07, 6.45) is -5.90. The number of benzene rings is 1. The molecule has 0 fully saturated rings. The first-order valence-electron chi connectivity index (χ1n) is 6.37. The van der Waals surface area contributed by atoms with Crippen LogP contribution < -0.4 is 14.9 Å². The van der Waals surface area contributed by atoms with E-state index in [9.17, 15) is 30.7 Å². The molecule has 0 aliphatic rings. The predicted octanol–water partition coefficient (Wildman–Crippen LogP) is 4.07. The summed E-state index contributed by atoms with van der Waals surface area (Å²) in [6.45, 7) is -0.331. The molecule has 5 nitrogen and oxygen atoms in total. The van der Waals surface area contributed by atoms with E-state index in [4.69, 9.17) is 14.7 Å². The van der Waals surface area contributed by atoms with Crippen LogP contribution in [0.4, 0.5) is 30.7 Å². The Kier molecular flexibility index (Phi) is 6.70. The number of nitrogens with one attached hydrogen (secondary N) is 1. The maximum absolute atomic E-state index is 13.0. The SMILES string of the molecule is COc1cc(/C=N/NC(F)(F)C(F)(F)C(F)(F)F)cc(Br)c1OCC#N. The van der Waals surface area contributed by atoms with Crippen LogP contribution in [0.2, 0.25) is 0 Å². The molecule has 1 aromatic rings. The zero-order chi connectivity index (χ0) is 20.2. The third-order valence-electron chi connectivity index (χ3n) is 2.70. The van der Waals surface area contributed by atoms with Gasteiger partial charge in [-0.15, -0.1) is 0 Å². The summed E-state index contributed by atoms with van der Waals surface area (Å²) < 4.78 is 97.7. The van der Waals surface area contributed by atoms with Gasteiger partial charge in [-0.05, 0) is 33.6 Å². The highest BCUT2D eigenvalue weighted by molar-refractivity contribution is 9.10. The highest BCUT2D eigenvalue weighted by Crippen LogP contribution is 2.45. The van der Waals surface area contributed by atoms with Crippen LogP contribution in [0.25, 0.3) is 0 Å². The molecule has 26 heavy (non-hydrogen) atoms. The van der Waals surface area contributed by atoms with E-state index in [0.29, 0.717) is 11.6 Å². The van der Waals surface area contributed by atoms with Crippen molar-refractivity contribution in [2.24, 2.45) is 5.10 Å². The normalized spacial score (nSPS) is 12.8. The van der Waals surface area contributed by atoms with Gasteiger partial charge in [0.1, 0.15) is 6.07 Å². The Morgan fingerprint density at radius 1 is 1.23 bits per heavy atom. The summed E-state index contributed by atoms with van der Waals surface area (Å²) in [4.78, 5) is 0. The zero-order valence-electron chi connectivity index (χ0n) is 12.7. The molecular weight excluding hydrogens is 443 g/mol. The summed E-state index contributed by atoms with van der Waals surface area (Å²) >= 11 is 3.04. The smallest absolute Gasteiger partial charge is 0.462 e. The minimum absolute atomic E-state index is 0.00309. The van der Waals surface area contributed by atoms with Gasteiger partial charge in [0.2, 0.25) is 0 Å². The van der Waals surface area contributed by atoms with Crippen LogP contribution in [-0.4, -0.2) is 38.1 Å². The Balaban J connectivity index is 3.02. The molecule has 0 saturated heterocycles. The fourth-order valence-corrected chi connectivity index (χ4v) is 2.07. The molecule has 1 N–H and O–H groups in total. The number of hydrogen-bond donors (Lipinski definition) is 1. The summed E-state index contributed by atoms with van der Waals surface area (Å²) in [5.41, 5.74) is 0.493. The molecule has 0 aliphatic carbocycles. The maximum atomic E-state index is 13.0. The van der Waals surface area contributed by atoms with Crippen LogP contribution >= 0.6 is 15.9 Å². The standard InChI is InChI=1S/C13H9BrF7N3O2/c1-25-9-5-7(4-8(14)10(9)26-3-2-22)6-23-24-13(20,21)11(15,16)12(17,18)19/h4-6,24H,3H2,1H3/b23-6+. The van der Waals surface area contributed by atoms with Crippen molar-refractivity contribution in [2.75, 3.05) is 13.7 Å². The molecule has 0 amide bonds. The van der Waals surface area contributed by atoms with E-state index in [2.05, 4.69) is 21.0 Å². The third-order valence-corrected chi connectivity index (χ3v) is 3.29. The van der Waals surface area contributed by atoms with Crippen LogP contribution in [0.1, 0.15) is 5.56 Å². The van der Waals surface area contributed by atoms with Gasteiger partial charge in [0, 0.05) is 0 Å². The Morgan fingerprint density at radius 3 is 2.35 bits per heavy atom. The van der Waals surface area contributed by atoms with Crippen LogP contribution in [-0.2, 0) is 0 Å². The second-order valence-electron chi connectivity index (χ2n) is 4.50. The van der Waals surface area contributed by atoms with Crippen molar-refractivity contribution in [2.45, 2.75) is 18.1 Å². The number of hydrazone groups is 1. The number of halogens is 8. The molecule has 0 atom stereocenters. The lowest BCUT2D eigenvalue weighted by Crippen LogP contribution is -2.58. The molecule has 0 unspecified atom stereocenters. The van der Waals surface area contributed by atoms with Crippen molar-refractivity contribution in [3.63, 3.8) is 0 Å². The number of nitriles is 1. The average molecular weight is 452 g/mol. The monoisotopic (exact) mass is 451 g/mol. The van der Waals surface area contributed by atoms with Gasteiger partial charge in [0.15, 0.2) is 18.1 Å². The number of methoxy groups -OCH3 is 1. The Labute approximate surface area is 150 Å². The summed E-state index contributed by atoms with van der Waals surface area (Å²) in [5.74, 6) is -6.21. The van der Waals surface area contributed by atoms with Crippen LogP contribution in [0.15, 0.2) is 21.7 Å². The molecule has 0 radical (unpaired) electrons. The highest BCUT2D eigenvalue weighted by atomic mass is 79.9. The van der Waals surface area contributed by atoms with Crippen LogP contribution in [0.5, 0.6) is 11.5 Å². The van der Waals surface area contributed by atoms with E-state index < -0.39 is 18.1 Å². The summed E-state index contributed by atoms with van der Waals surface area (Å²) in [6, 6.07) is -1.57. The molecule has 144 valence electrons. The van der Waals surface area contributed by atoms with Gasteiger partial charge in [-0.1, -0.05) is 0 Å². The Hall–Kier alpha value is -2.23. The first-order valence-corrected chi connectivity index (χ1v) is 7.16. The number of nitrogens with zero attached hydrogens (tertiary/aromatic N) is 2. The first-order chi connectivity index (χ1) is 11.9. The molecule has 1 aromatic carbocycles. The fourth-order valence-electron chi connectivity index (χ4n) is 1.49. The topological polar surface area (TPSA) is 66.6 Å². The van der Waals surface area contributed by atoms with Crippen molar-refractivity contribution in [3.05, 3.63) is 22.2 Å². The lowest BCUT2D eigenvalue weighted by Gasteiger charge is -2.27. The quantitative estimate of drug-likeness (QED) is 0.293. The minimum atomic E-state index is -6.47. The zero-order valence-corrected chi connectivity index (χ0v) is 14.3. The van der Waals surface area contributed by atoms with E-state index in [0.717, 1.165) is 0 Å². The van der Waals surface area contributed by atoms with Gasteiger partial charge in [-0.2, -0.15) is 41.1 Å². The van der Waals surface area contributed by atoms with Gasteiger partial charge in [-0.25, -0.2) is 5.43 Å². The number of alkyl halides is 7.